The highest BCUT2D eigenvalue weighted by molar-refractivity contribution is 8.00. The maximum Gasteiger partial charge on any atom is 0.0564 e. The molecule has 0 amide bonds. The molecule has 5 heteroatoms. The summed E-state index contributed by atoms with van der Waals surface area (Å²) in [4.78, 5) is 6.87. The standard InChI is InChI=1S/C12H20N4S/c1-2-12-9-16(5-6-17-12)8-11-7-10(15-13)3-4-14-11/h3-4,7,12H,2,5-6,8-9,13H2,1H3,(H,14,15). The van der Waals surface area contributed by atoms with Crippen LogP contribution in [0.2, 0.25) is 0 Å². The van der Waals surface area contributed by atoms with Crippen LogP contribution in [0.3, 0.4) is 0 Å². The van der Waals surface area contributed by atoms with Crippen molar-refractivity contribution in [2.75, 3.05) is 24.3 Å². The molecule has 1 aliphatic rings. The van der Waals surface area contributed by atoms with Crippen LogP contribution in [0.5, 0.6) is 0 Å². The number of nitrogen functional groups attached to an aromatic ring is 1. The molecule has 1 aromatic rings. The van der Waals surface area contributed by atoms with E-state index in [1.807, 2.05) is 12.1 Å². The minimum Gasteiger partial charge on any atom is -0.324 e. The Labute approximate surface area is 107 Å². The van der Waals surface area contributed by atoms with Gasteiger partial charge in [0.25, 0.3) is 0 Å². The third kappa shape index (κ3) is 3.59. The van der Waals surface area contributed by atoms with E-state index < -0.39 is 0 Å². The Kier molecular flexibility index (Phi) is 4.65. The van der Waals surface area contributed by atoms with Gasteiger partial charge in [0.2, 0.25) is 0 Å². The number of aromatic nitrogens is 1. The van der Waals surface area contributed by atoms with Gasteiger partial charge in [-0.1, -0.05) is 6.92 Å². The van der Waals surface area contributed by atoms with Crippen molar-refractivity contribution in [3.63, 3.8) is 0 Å². The first kappa shape index (κ1) is 12.7. The molecule has 2 rings (SSSR count). The smallest absolute Gasteiger partial charge is 0.0564 e. The Morgan fingerprint density at radius 3 is 3.29 bits per heavy atom. The summed E-state index contributed by atoms with van der Waals surface area (Å²) in [6.45, 7) is 5.51. The van der Waals surface area contributed by atoms with Gasteiger partial charge in [0.1, 0.15) is 0 Å². The molecule has 17 heavy (non-hydrogen) atoms. The zero-order valence-electron chi connectivity index (χ0n) is 10.2. The summed E-state index contributed by atoms with van der Waals surface area (Å²) in [6, 6.07) is 3.90. The summed E-state index contributed by atoms with van der Waals surface area (Å²) < 4.78 is 0. The summed E-state index contributed by atoms with van der Waals surface area (Å²) in [6.07, 6.45) is 3.06. The van der Waals surface area contributed by atoms with Gasteiger partial charge in [0, 0.05) is 36.8 Å². The molecule has 4 nitrogen and oxygen atoms in total. The van der Waals surface area contributed by atoms with E-state index in [2.05, 4.69) is 34.0 Å². The topological polar surface area (TPSA) is 54.2 Å². The summed E-state index contributed by atoms with van der Waals surface area (Å²) in [5, 5.41) is 0.777. The minimum absolute atomic E-state index is 0.777. The van der Waals surface area contributed by atoms with Gasteiger partial charge in [-0.05, 0) is 18.6 Å². The van der Waals surface area contributed by atoms with E-state index in [0.29, 0.717) is 0 Å². The number of thioether (sulfide) groups is 1. The second-order valence-electron chi connectivity index (χ2n) is 4.32. The molecule has 0 radical (unpaired) electrons. The van der Waals surface area contributed by atoms with Crippen LogP contribution in [0.25, 0.3) is 0 Å². The molecule has 0 bridgehead atoms. The molecule has 1 aliphatic heterocycles. The Balaban J connectivity index is 1.95. The van der Waals surface area contributed by atoms with Crippen molar-refractivity contribution in [2.45, 2.75) is 25.1 Å². The van der Waals surface area contributed by atoms with Crippen LogP contribution in [0, 0.1) is 0 Å². The Morgan fingerprint density at radius 1 is 1.65 bits per heavy atom. The molecular formula is C12H20N4S. The van der Waals surface area contributed by atoms with Gasteiger partial charge in [-0.25, -0.2) is 0 Å². The maximum absolute atomic E-state index is 5.40. The van der Waals surface area contributed by atoms with Crippen LogP contribution in [-0.2, 0) is 6.54 Å². The molecule has 1 saturated heterocycles. The third-order valence-electron chi connectivity index (χ3n) is 3.05. The van der Waals surface area contributed by atoms with Crippen LogP contribution < -0.4 is 11.3 Å². The largest absolute Gasteiger partial charge is 0.324 e. The lowest BCUT2D eigenvalue weighted by Crippen LogP contribution is -2.37. The molecule has 1 aromatic heterocycles. The fraction of sp³-hybridized carbons (Fsp3) is 0.583. The van der Waals surface area contributed by atoms with Crippen LogP contribution in [-0.4, -0.2) is 34.0 Å². The molecular weight excluding hydrogens is 232 g/mol. The Hall–Kier alpha value is -0.780. The minimum atomic E-state index is 0.777. The molecule has 2 heterocycles. The molecule has 1 atom stereocenters. The van der Waals surface area contributed by atoms with Crippen molar-refractivity contribution >= 4 is 17.4 Å². The van der Waals surface area contributed by atoms with Crippen molar-refractivity contribution < 1.29 is 0 Å². The fourth-order valence-electron chi connectivity index (χ4n) is 2.05. The van der Waals surface area contributed by atoms with E-state index in [4.69, 9.17) is 5.84 Å². The van der Waals surface area contributed by atoms with Crippen molar-refractivity contribution in [3.8, 4) is 0 Å². The van der Waals surface area contributed by atoms with E-state index in [9.17, 15) is 0 Å². The van der Waals surface area contributed by atoms with Crippen molar-refractivity contribution in [2.24, 2.45) is 5.84 Å². The number of pyridine rings is 1. The zero-order chi connectivity index (χ0) is 12.1. The molecule has 94 valence electrons. The number of nitrogens with two attached hydrogens (primary N) is 1. The summed E-state index contributed by atoms with van der Waals surface area (Å²) in [5.41, 5.74) is 4.67. The van der Waals surface area contributed by atoms with E-state index in [-0.39, 0.29) is 0 Å². The molecule has 1 unspecified atom stereocenters. The van der Waals surface area contributed by atoms with Crippen LogP contribution in [0.4, 0.5) is 5.69 Å². The third-order valence-corrected chi connectivity index (χ3v) is 4.42. The number of nitrogens with one attached hydrogen (secondary N) is 1. The SMILES string of the molecule is CCC1CN(Cc2cc(NN)ccn2)CCS1. The molecule has 1 fully saturated rings. The number of hydrogen-bond acceptors (Lipinski definition) is 5. The van der Waals surface area contributed by atoms with Gasteiger partial charge in [0.15, 0.2) is 0 Å². The first-order valence-electron chi connectivity index (χ1n) is 6.07. The van der Waals surface area contributed by atoms with Crippen LogP contribution in [0.15, 0.2) is 18.3 Å². The Morgan fingerprint density at radius 2 is 2.53 bits per heavy atom. The number of nitrogens with zero attached hydrogens (tertiary/aromatic N) is 2. The fourth-order valence-corrected chi connectivity index (χ4v) is 3.30. The van der Waals surface area contributed by atoms with E-state index in [1.165, 1.54) is 18.7 Å². The highest BCUT2D eigenvalue weighted by Crippen LogP contribution is 2.22. The lowest BCUT2D eigenvalue weighted by Gasteiger charge is -2.31. The summed E-state index contributed by atoms with van der Waals surface area (Å²) >= 11 is 2.09. The van der Waals surface area contributed by atoms with E-state index in [1.54, 1.807) is 6.20 Å². The average Bonchev–Trinajstić information content (AvgIpc) is 2.39. The molecule has 0 saturated carbocycles. The normalized spacial score (nSPS) is 21.4. The van der Waals surface area contributed by atoms with Crippen LogP contribution >= 0.6 is 11.8 Å². The number of rotatable bonds is 4. The lowest BCUT2D eigenvalue weighted by molar-refractivity contribution is 0.270. The van der Waals surface area contributed by atoms with E-state index >= 15 is 0 Å². The second kappa shape index (κ2) is 6.23. The van der Waals surface area contributed by atoms with E-state index in [0.717, 1.165) is 29.7 Å². The average molecular weight is 252 g/mol. The maximum atomic E-state index is 5.40. The number of hydrazine groups is 1. The summed E-state index contributed by atoms with van der Waals surface area (Å²) in [5.74, 6) is 6.63. The monoisotopic (exact) mass is 252 g/mol. The molecule has 0 aliphatic carbocycles. The van der Waals surface area contributed by atoms with Crippen molar-refractivity contribution in [1.82, 2.24) is 9.88 Å². The zero-order valence-corrected chi connectivity index (χ0v) is 11.0. The quantitative estimate of drug-likeness (QED) is 0.631. The highest BCUT2D eigenvalue weighted by atomic mass is 32.2. The van der Waals surface area contributed by atoms with Crippen LogP contribution in [0.1, 0.15) is 19.0 Å². The first-order chi connectivity index (χ1) is 8.31. The first-order valence-corrected chi connectivity index (χ1v) is 7.12. The number of hydrogen-bond donors (Lipinski definition) is 2. The predicted octanol–water partition coefficient (Wildman–Crippen LogP) is 1.69. The van der Waals surface area contributed by atoms with Crippen molar-refractivity contribution in [1.29, 1.82) is 0 Å². The van der Waals surface area contributed by atoms with Gasteiger partial charge in [-0.2, -0.15) is 11.8 Å². The van der Waals surface area contributed by atoms with Crippen molar-refractivity contribution in [3.05, 3.63) is 24.0 Å². The van der Waals surface area contributed by atoms with Gasteiger partial charge >= 0.3 is 0 Å². The highest BCUT2D eigenvalue weighted by Gasteiger charge is 2.19. The molecule has 0 spiro atoms. The van der Waals surface area contributed by atoms with Gasteiger partial charge < -0.3 is 5.43 Å². The van der Waals surface area contributed by atoms with Gasteiger partial charge in [-0.3, -0.25) is 15.7 Å². The van der Waals surface area contributed by atoms with Gasteiger partial charge in [-0.15, -0.1) is 0 Å². The number of anilines is 1. The predicted molar refractivity (Wildman–Crippen MR) is 73.9 cm³/mol. The second-order valence-corrected chi connectivity index (χ2v) is 5.72. The Bertz CT molecular complexity index is 358. The molecule has 0 aromatic carbocycles. The van der Waals surface area contributed by atoms with Gasteiger partial charge in [0.05, 0.1) is 11.4 Å². The summed E-state index contributed by atoms with van der Waals surface area (Å²) in [7, 11) is 0. The lowest BCUT2D eigenvalue weighted by atomic mass is 10.2. The molecule has 3 N–H and O–H groups in total.